The molecular weight excluding hydrogens is 1210 g/mol. The van der Waals surface area contributed by atoms with Gasteiger partial charge in [0.1, 0.15) is 19.3 Å². The second-order valence-corrected chi connectivity index (χ2v) is 29.2. The Bertz CT molecular complexity index is 1760. The summed E-state index contributed by atoms with van der Waals surface area (Å²) < 4.78 is 68.4. The number of hydrogen-bond acceptors (Lipinski definition) is 15. The highest BCUT2D eigenvalue weighted by Gasteiger charge is 2.30. The Morgan fingerprint density at radius 1 is 0.261 bits per heavy atom. The number of unbranched alkanes of at least 4 members (excludes halogenated alkanes) is 48. The van der Waals surface area contributed by atoms with Crippen LogP contribution >= 0.6 is 15.6 Å². The summed E-state index contributed by atoms with van der Waals surface area (Å²) in [5.41, 5.74) is 0. The Kier molecular flexibility index (Phi) is 66.2. The number of carbonyl (C=O) groups is 4. The third kappa shape index (κ3) is 66.7. The van der Waals surface area contributed by atoms with Gasteiger partial charge >= 0.3 is 39.5 Å². The van der Waals surface area contributed by atoms with Crippen LogP contribution in [0.1, 0.15) is 387 Å². The molecule has 0 amide bonds. The van der Waals surface area contributed by atoms with Crippen LogP contribution in [-0.2, 0) is 65.4 Å². The highest BCUT2D eigenvalue weighted by molar-refractivity contribution is 7.47. The number of esters is 4. The minimum absolute atomic E-state index is 0.108. The first kappa shape index (κ1) is 90.1. The van der Waals surface area contributed by atoms with Crippen LogP contribution in [0.5, 0.6) is 0 Å². The van der Waals surface area contributed by atoms with Crippen molar-refractivity contribution in [2.75, 3.05) is 39.6 Å². The van der Waals surface area contributed by atoms with Gasteiger partial charge in [-0.1, -0.05) is 336 Å². The molecule has 0 saturated heterocycles. The van der Waals surface area contributed by atoms with Gasteiger partial charge in [0.15, 0.2) is 12.2 Å². The van der Waals surface area contributed by atoms with E-state index >= 15 is 0 Å². The highest BCUT2D eigenvalue weighted by Crippen LogP contribution is 2.45. The third-order valence-electron chi connectivity index (χ3n) is 17.1. The van der Waals surface area contributed by atoms with E-state index in [1.54, 1.807) is 0 Å². The molecule has 0 aliphatic heterocycles. The molecular formula is C73H142O17P2. The fourth-order valence-corrected chi connectivity index (χ4v) is 12.8. The largest absolute Gasteiger partial charge is 0.472 e. The van der Waals surface area contributed by atoms with E-state index in [1.165, 1.54) is 218 Å². The summed E-state index contributed by atoms with van der Waals surface area (Å²) in [6, 6.07) is 0. The second-order valence-electron chi connectivity index (χ2n) is 26.3. The zero-order chi connectivity index (χ0) is 67.5. The lowest BCUT2D eigenvalue weighted by molar-refractivity contribution is -0.161. The number of phosphoric ester groups is 2. The summed E-state index contributed by atoms with van der Waals surface area (Å²) in [5.74, 6) is -2.11. The van der Waals surface area contributed by atoms with Gasteiger partial charge in [0.25, 0.3) is 0 Å². The van der Waals surface area contributed by atoms with Crippen LogP contribution in [0.15, 0.2) is 0 Å². The van der Waals surface area contributed by atoms with E-state index in [0.717, 1.165) is 89.9 Å². The first-order chi connectivity index (χ1) is 44.7. The van der Waals surface area contributed by atoms with Gasteiger partial charge in [-0.15, -0.1) is 0 Å². The maximum Gasteiger partial charge on any atom is 0.472 e. The number of aliphatic hydroxyl groups is 1. The number of aliphatic hydroxyl groups excluding tert-OH is 1. The topological polar surface area (TPSA) is 237 Å². The summed E-state index contributed by atoms with van der Waals surface area (Å²) in [6.45, 7) is 4.98. The molecule has 0 aliphatic rings. The Morgan fingerprint density at radius 3 is 0.641 bits per heavy atom. The average molecular weight is 1350 g/mol. The van der Waals surface area contributed by atoms with Crippen LogP contribution in [0.4, 0.5) is 0 Å². The molecule has 0 aromatic heterocycles. The van der Waals surface area contributed by atoms with Crippen LogP contribution < -0.4 is 0 Å². The smallest absolute Gasteiger partial charge is 0.462 e. The SMILES string of the molecule is CCCCCCCCCCCCCCCCC(=O)OC[C@H](COP(=O)(O)OC[C@@H](O)COP(=O)(O)OC[C@@H](COC(=O)CCCCCCCCCCCCC)OC(=O)CCCCCCCCCCCCCCC)OC(=O)CCCCCCCCCCCCCCCC. The molecule has 0 saturated carbocycles. The van der Waals surface area contributed by atoms with Crippen LogP contribution in [0, 0.1) is 0 Å². The summed E-state index contributed by atoms with van der Waals surface area (Å²) in [6.07, 6.45) is 56.6. The van der Waals surface area contributed by atoms with Crippen LogP contribution in [0.3, 0.4) is 0 Å². The first-order valence-electron chi connectivity index (χ1n) is 38.3. The quantitative estimate of drug-likeness (QED) is 0.0222. The van der Waals surface area contributed by atoms with Crippen molar-refractivity contribution in [1.29, 1.82) is 0 Å². The predicted molar refractivity (Wildman–Crippen MR) is 372 cm³/mol. The minimum atomic E-state index is -4.95. The van der Waals surface area contributed by atoms with Crippen LogP contribution in [0.2, 0.25) is 0 Å². The predicted octanol–water partition coefficient (Wildman–Crippen LogP) is 21.4. The van der Waals surface area contributed by atoms with Gasteiger partial charge < -0.3 is 33.8 Å². The van der Waals surface area contributed by atoms with Gasteiger partial charge in [-0.05, 0) is 25.7 Å². The molecule has 2 unspecified atom stereocenters. The Morgan fingerprint density at radius 2 is 0.435 bits per heavy atom. The first-order valence-corrected chi connectivity index (χ1v) is 41.3. The molecule has 19 heteroatoms. The molecule has 0 radical (unpaired) electrons. The lowest BCUT2D eigenvalue weighted by Crippen LogP contribution is -2.30. The molecule has 17 nitrogen and oxygen atoms in total. The standard InChI is InChI=1S/C73H142O17P2/c1-5-9-13-17-21-25-29-32-35-38-42-46-50-54-58-71(76)84-64-69(90-73(78)60-56-52-48-44-40-36-33-30-26-22-18-14-10-6-2)66-88-92(81,82)86-62-67(74)61-85-91(79,80)87-65-68(63-83-70(75)57-53-49-45-41-37-28-24-20-16-12-8-4)89-72(77)59-55-51-47-43-39-34-31-27-23-19-15-11-7-3/h67-69,74H,5-66H2,1-4H3,(H,79,80)(H,81,82)/t67-,68+,69+/m0/s1. The maximum atomic E-state index is 13.1. The van der Waals surface area contributed by atoms with E-state index in [-0.39, 0.29) is 25.7 Å². The average Bonchev–Trinajstić information content (AvgIpc) is 1.93. The van der Waals surface area contributed by atoms with E-state index in [0.29, 0.717) is 25.7 Å². The van der Waals surface area contributed by atoms with Gasteiger partial charge in [-0.3, -0.25) is 37.3 Å². The molecule has 5 atom stereocenters. The Labute approximate surface area is 562 Å². The normalized spacial score (nSPS) is 13.9. The summed E-state index contributed by atoms with van der Waals surface area (Å²) >= 11 is 0. The van der Waals surface area contributed by atoms with Gasteiger partial charge in [0, 0.05) is 25.7 Å². The fraction of sp³-hybridized carbons (Fsp3) is 0.945. The highest BCUT2D eigenvalue weighted by atomic mass is 31.2. The van der Waals surface area contributed by atoms with E-state index in [4.69, 9.17) is 37.0 Å². The number of carbonyl (C=O) groups excluding carboxylic acids is 4. The zero-order valence-corrected chi connectivity index (χ0v) is 61.3. The fourth-order valence-electron chi connectivity index (χ4n) is 11.2. The number of hydrogen-bond donors (Lipinski definition) is 3. The zero-order valence-electron chi connectivity index (χ0n) is 59.5. The molecule has 0 bridgehead atoms. The molecule has 546 valence electrons. The molecule has 0 fully saturated rings. The van der Waals surface area contributed by atoms with Crippen molar-refractivity contribution in [2.24, 2.45) is 0 Å². The van der Waals surface area contributed by atoms with Crippen LogP contribution in [0.25, 0.3) is 0 Å². The van der Waals surface area contributed by atoms with Crippen molar-refractivity contribution in [2.45, 2.75) is 406 Å². The Hall–Kier alpha value is -1.94. The molecule has 0 heterocycles. The maximum absolute atomic E-state index is 13.1. The van der Waals surface area contributed by atoms with Crippen molar-refractivity contribution in [3.05, 3.63) is 0 Å². The summed E-state index contributed by atoms with van der Waals surface area (Å²) in [7, 11) is -9.90. The summed E-state index contributed by atoms with van der Waals surface area (Å²) in [4.78, 5) is 72.7. The van der Waals surface area contributed by atoms with Crippen molar-refractivity contribution in [3.63, 3.8) is 0 Å². The monoisotopic (exact) mass is 1350 g/mol. The van der Waals surface area contributed by atoms with E-state index < -0.39 is 97.5 Å². The van der Waals surface area contributed by atoms with Crippen molar-refractivity contribution >= 4 is 39.5 Å². The minimum Gasteiger partial charge on any atom is -0.462 e. The number of ether oxygens (including phenoxy) is 4. The van der Waals surface area contributed by atoms with Gasteiger partial charge in [0.05, 0.1) is 26.4 Å². The van der Waals surface area contributed by atoms with E-state index in [9.17, 15) is 43.2 Å². The molecule has 0 aromatic carbocycles. The van der Waals surface area contributed by atoms with Gasteiger partial charge in [-0.25, -0.2) is 9.13 Å². The molecule has 0 aliphatic carbocycles. The lowest BCUT2D eigenvalue weighted by Gasteiger charge is -2.21. The van der Waals surface area contributed by atoms with Crippen molar-refractivity contribution in [3.8, 4) is 0 Å². The molecule has 3 N–H and O–H groups in total. The van der Waals surface area contributed by atoms with Crippen LogP contribution in [-0.4, -0.2) is 96.7 Å². The molecule has 0 aromatic rings. The molecule has 0 spiro atoms. The van der Waals surface area contributed by atoms with Crippen molar-refractivity contribution in [1.82, 2.24) is 0 Å². The number of rotatable bonds is 74. The van der Waals surface area contributed by atoms with Gasteiger partial charge in [0.2, 0.25) is 0 Å². The lowest BCUT2D eigenvalue weighted by atomic mass is 10.0. The third-order valence-corrected chi connectivity index (χ3v) is 19.0. The van der Waals surface area contributed by atoms with Gasteiger partial charge in [-0.2, -0.15) is 0 Å². The summed E-state index contributed by atoms with van der Waals surface area (Å²) in [5, 5.41) is 10.6. The molecule has 0 rings (SSSR count). The van der Waals surface area contributed by atoms with E-state index in [1.807, 2.05) is 0 Å². The van der Waals surface area contributed by atoms with Crippen molar-refractivity contribution < 1.29 is 80.2 Å². The Balaban J connectivity index is 5.25. The number of phosphoric acid groups is 2. The molecule has 92 heavy (non-hydrogen) atoms. The van der Waals surface area contributed by atoms with E-state index in [2.05, 4.69) is 27.7 Å². The second kappa shape index (κ2) is 67.6.